The summed E-state index contributed by atoms with van der Waals surface area (Å²) in [7, 11) is 2.06. The second-order valence-corrected chi connectivity index (χ2v) is 5.11. The van der Waals surface area contributed by atoms with Crippen molar-refractivity contribution in [3.05, 3.63) is 96.2 Å². The first kappa shape index (κ1) is 14.1. The van der Waals surface area contributed by atoms with Gasteiger partial charge in [0.05, 0.1) is 5.69 Å². The van der Waals surface area contributed by atoms with E-state index in [0.717, 1.165) is 22.5 Å². The molecule has 0 heterocycles. The number of rotatable bonds is 4. The summed E-state index contributed by atoms with van der Waals surface area (Å²) in [6, 6.07) is 20.3. The molecule has 0 aromatic heterocycles. The highest BCUT2D eigenvalue weighted by molar-refractivity contribution is 5.90. The van der Waals surface area contributed by atoms with Crippen LogP contribution in [0.25, 0.3) is 0 Å². The third kappa shape index (κ3) is 3.41. The van der Waals surface area contributed by atoms with Crippen molar-refractivity contribution in [2.24, 2.45) is 4.99 Å². The van der Waals surface area contributed by atoms with Crippen molar-refractivity contribution in [1.82, 2.24) is 0 Å². The van der Waals surface area contributed by atoms with Gasteiger partial charge in [-0.3, -0.25) is 4.99 Å². The molecule has 0 aliphatic heterocycles. The van der Waals surface area contributed by atoms with Gasteiger partial charge in [-0.25, -0.2) is 0 Å². The molecule has 0 atom stereocenters. The molecule has 0 amide bonds. The Morgan fingerprint density at radius 1 is 0.909 bits per heavy atom. The molecule has 108 valence electrons. The van der Waals surface area contributed by atoms with E-state index in [1.807, 2.05) is 54.7 Å². The summed E-state index contributed by atoms with van der Waals surface area (Å²) in [5, 5.41) is 0. The Bertz CT molecular complexity index is 738. The van der Waals surface area contributed by atoms with Crippen molar-refractivity contribution in [3.8, 4) is 0 Å². The summed E-state index contributed by atoms with van der Waals surface area (Å²) in [6.45, 7) is 0. The summed E-state index contributed by atoms with van der Waals surface area (Å²) < 4.78 is 0. The van der Waals surface area contributed by atoms with Crippen LogP contribution in [0.2, 0.25) is 0 Å². The Labute approximate surface area is 131 Å². The average Bonchev–Trinajstić information content (AvgIpc) is 3.02. The first-order valence-corrected chi connectivity index (χ1v) is 7.30. The third-order valence-corrected chi connectivity index (χ3v) is 3.49. The Balaban J connectivity index is 1.77. The smallest absolute Gasteiger partial charge is 0.0629 e. The van der Waals surface area contributed by atoms with Gasteiger partial charge in [0.2, 0.25) is 0 Å². The van der Waals surface area contributed by atoms with Gasteiger partial charge in [0, 0.05) is 30.7 Å². The van der Waals surface area contributed by atoms with E-state index in [0.29, 0.717) is 0 Å². The monoisotopic (exact) mass is 288 g/mol. The van der Waals surface area contributed by atoms with E-state index in [1.54, 1.807) is 0 Å². The van der Waals surface area contributed by atoms with Crippen molar-refractivity contribution >= 4 is 17.6 Å². The number of hydrogen-bond donors (Lipinski definition) is 0. The Kier molecular flexibility index (Phi) is 4.30. The van der Waals surface area contributed by atoms with E-state index in [2.05, 4.69) is 53.5 Å². The van der Waals surface area contributed by atoms with Crippen molar-refractivity contribution in [1.29, 1.82) is 0 Å². The fraction of sp³-hybridized carbons (Fsp3) is 0.0500. The molecule has 3 rings (SSSR count). The fourth-order valence-electron chi connectivity index (χ4n) is 2.29. The van der Waals surface area contributed by atoms with Crippen LogP contribution in [-0.2, 0) is 0 Å². The van der Waals surface area contributed by atoms with Gasteiger partial charge in [0.25, 0.3) is 0 Å². The van der Waals surface area contributed by atoms with Crippen molar-refractivity contribution in [2.45, 2.75) is 0 Å². The van der Waals surface area contributed by atoms with Gasteiger partial charge in [0.15, 0.2) is 0 Å². The molecule has 2 aromatic carbocycles. The van der Waals surface area contributed by atoms with E-state index in [1.165, 1.54) is 0 Å². The number of allylic oxidation sites excluding steroid dienone is 5. The zero-order chi connectivity index (χ0) is 15.2. The molecule has 0 unspecified atom stereocenters. The summed E-state index contributed by atoms with van der Waals surface area (Å²) in [5.41, 5.74) is 4.40. The average molecular weight is 288 g/mol. The van der Waals surface area contributed by atoms with Crippen molar-refractivity contribution < 1.29 is 0 Å². The molecular weight excluding hydrogens is 270 g/mol. The maximum absolute atomic E-state index is 4.53. The summed E-state index contributed by atoms with van der Waals surface area (Å²) in [4.78, 5) is 6.65. The molecule has 0 spiro atoms. The highest BCUT2D eigenvalue weighted by atomic mass is 15.8. The molecule has 1 aliphatic carbocycles. The number of anilines is 1. The predicted octanol–water partition coefficient (Wildman–Crippen LogP) is 4.91. The maximum atomic E-state index is 4.53. The third-order valence-electron chi connectivity index (χ3n) is 3.49. The summed E-state index contributed by atoms with van der Waals surface area (Å²) in [5.74, 6) is 0. The highest BCUT2D eigenvalue weighted by Crippen LogP contribution is 2.21. The zero-order valence-corrected chi connectivity index (χ0v) is 12.6. The summed E-state index contributed by atoms with van der Waals surface area (Å²) >= 11 is 0. The van der Waals surface area contributed by atoms with Gasteiger partial charge >= 0.3 is 0 Å². The minimum absolute atomic E-state index is 0.964. The first-order valence-electron chi connectivity index (χ1n) is 7.30. The van der Waals surface area contributed by atoms with Crippen LogP contribution in [-0.4, -0.2) is 13.3 Å². The second kappa shape index (κ2) is 6.72. The molecule has 2 nitrogen and oxygen atoms in total. The first-order chi connectivity index (χ1) is 10.8. The topological polar surface area (TPSA) is 15.6 Å². The molecule has 2 aromatic rings. The molecule has 1 aliphatic rings. The number of nitrogens with zero attached hydrogens (tertiary/aromatic N) is 2. The van der Waals surface area contributed by atoms with Crippen LogP contribution in [0.1, 0.15) is 0 Å². The summed E-state index contributed by atoms with van der Waals surface area (Å²) in [6.07, 6.45) is 10.3. The molecular formula is C20H18N2. The molecule has 0 saturated heterocycles. The molecule has 22 heavy (non-hydrogen) atoms. The van der Waals surface area contributed by atoms with Gasteiger partial charge < -0.3 is 4.90 Å². The van der Waals surface area contributed by atoms with Crippen LogP contribution >= 0.6 is 0 Å². The van der Waals surface area contributed by atoms with Gasteiger partial charge in [-0.1, -0.05) is 54.6 Å². The fourth-order valence-corrected chi connectivity index (χ4v) is 2.29. The maximum Gasteiger partial charge on any atom is 0.0629 e. The van der Waals surface area contributed by atoms with E-state index in [9.17, 15) is 0 Å². The van der Waals surface area contributed by atoms with Crippen molar-refractivity contribution in [3.63, 3.8) is 0 Å². The van der Waals surface area contributed by atoms with Crippen molar-refractivity contribution in [2.75, 3.05) is 11.9 Å². The minimum Gasteiger partial charge on any atom is -0.350 e. The molecule has 0 radical (unpaired) electrons. The zero-order valence-electron chi connectivity index (χ0n) is 12.6. The quantitative estimate of drug-likeness (QED) is 0.577. The lowest BCUT2D eigenvalue weighted by Gasteiger charge is -2.15. The molecule has 0 fully saturated rings. The molecule has 2 heteroatoms. The standard InChI is InChI=1S/C20H18N2/c1-22(20-13-6-3-7-14-20)16-18-10-8-9-17(18)15-21-19-11-4-2-5-12-19/h2-16H,1H3/b18-16-,21-15?/i21+1,22+1. The molecule has 0 saturated carbocycles. The largest absolute Gasteiger partial charge is 0.350 e. The Hall–Kier alpha value is -2.87. The lowest BCUT2D eigenvalue weighted by molar-refractivity contribution is 1.19. The Morgan fingerprint density at radius 2 is 1.59 bits per heavy atom. The highest BCUT2D eigenvalue weighted by Gasteiger charge is 2.06. The minimum atomic E-state index is 0.964. The van der Waals surface area contributed by atoms with E-state index < -0.39 is 0 Å². The number of benzene rings is 2. The van der Waals surface area contributed by atoms with Crippen LogP contribution < -0.4 is 4.90 Å². The van der Waals surface area contributed by atoms with Gasteiger partial charge in [-0.05, 0) is 29.8 Å². The second-order valence-electron chi connectivity index (χ2n) is 5.11. The van der Waals surface area contributed by atoms with Crippen LogP contribution in [0.15, 0.2) is 101 Å². The predicted molar refractivity (Wildman–Crippen MR) is 94.7 cm³/mol. The van der Waals surface area contributed by atoms with Crippen LogP contribution in [0.3, 0.4) is 0 Å². The SMILES string of the molecule is C[15N](/C=C1/C=CC=C1C=[15N]c1ccccc1)c1ccccc1. The van der Waals surface area contributed by atoms with Gasteiger partial charge in [-0.2, -0.15) is 0 Å². The lowest BCUT2D eigenvalue weighted by atomic mass is 10.2. The van der Waals surface area contributed by atoms with E-state index >= 15 is 0 Å². The van der Waals surface area contributed by atoms with Gasteiger partial charge in [0.1, 0.15) is 0 Å². The Morgan fingerprint density at radius 3 is 2.32 bits per heavy atom. The lowest BCUT2D eigenvalue weighted by Crippen LogP contribution is -2.09. The van der Waals surface area contributed by atoms with E-state index in [-0.39, 0.29) is 0 Å². The number of hydrogen-bond acceptors (Lipinski definition) is 2. The van der Waals surface area contributed by atoms with Crippen LogP contribution in [0, 0.1) is 0 Å². The molecule has 0 bridgehead atoms. The van der Waals surface area contributed by atoms with E-state index in [4.69, 9.17) is 0 Å². The number of para-hydroxylation sites is 2. The van der Waals surface area contributed by atoms with Crippen LogP contribution in [0.4, 0.5) is 11.4 Å². The molecule has 0 N–H and O–H groups in total. The number of aliphatic imine (C=N–C) groups is 1. The van der Waals surface area contributed by atoms with Gasteiger partial charge in [-0.15, -0.1) is 0 Å². The van der Waals surface area contributed by atoms with Crippen LogP contribution in [0.5, 0.6) is 0 Å². The normalized spacial score (nSPS) is 15.5.